The van der Waals surface area contributed by atoms with Crippen LogP contribution in [0.3, 0.4) is 0 Å². The first-order chi connectivity index (χ1) is 8.90. The van der Waals surface area contributed by atoms with Crippen molar-refractivity contribution in [2.75, 3.05) is 26.8 Å². The summed E-state index contributed by atoms with van der Waals surface area (Å²) in [6, 6.07) is 0. The molecule has 1 N–H and O–H groups in total. The van der Waals surface area contributed by atoms with E-state index < -0.39 is 0 Å². The fraction of sp³-hybridized carbons (Fsp3) is 0.692. The molecule has 2 rings (SSSR count). The van der Waals surface area contributed by atoms with Gasteiger partial charge in [-0.15, -0.1) is 0 Å². The van der Waals surface area contributed by atoms with E-state index in [2.05, 4.69) is 15.3 Å². The Morgan fingerprint density at radius 2 is 2.06 bits per heavy atom. The number of ether oxygens (including phenoxy) is 2. The third kappa shape index (κ3) is 3.92. The molecule has 0 aliphatic carbocycles. The second kappa shape index (κ2) is 7.28. The third-order valence-corrected chi connectivity index (χ3v) is 3.30. The molecule has 0 bridgehead atoms. The zero-order chi connectivity index (χ0) is 12.6. The summed E-state index contributed by atoms with van der Waals surface area (Å²) in [5, 5.41) is 3.37. The van der Waals surface area contributed by atoms with E-state index in [1.54, 1.807) is 19.5 Å². The summed E-state index contributed by atoms with van der Waals surface area (Å²) in [6.07, 6.45) is 6.94. The smallest absolute Gasteiger partial charge is 0.237 e. The van der Waals surface area contributed by atoms with Crippen molar-refractivity contribution in [2.24, 2.45) is 5.92 Å². The zero-order valence-corrected chi connectivity index (χ0v) is 10.9. The molecule has 0 atom stereocenters. The van der Waals surface area contributed by atoms with Crippen molar-refractivity contribution in [1.29, 1.82) is 0 Å². The number of rotatable bonds is 6. The van der Waals surface area contributed by atoms with Crippen molar-refractivity contribution in [2.45, 2.75) is 25.9 Å². The molecule has 5 heteroatoms. The molecule has 18 heavy (non-hydrogen) atoms. The summed E-state index contributed by atoms with van der Waals surface area (Å²) in [5.41, 5.74) is 0.769. The quantitative estimate of drug-likeness (QED) is 0.774. The second-order valence-electron chi connectivity index (χ2n) is 4.55. The minimum absolute atomic E-state index is 0.474. The lowest BCUT2D eigenvalue weighted by atomic mass is 9.95. The molecule has 0 unspecified atom stereocenters. The number of hydrogen-bond acceptors (Lipinski definition) is 5. The van der Waals surface area contributed by atoms with Crippen LogP contribution in [-0.4, -0.2) is 36.8 Å². The van der Waals surface area contributed by atoms with Crippen LogP contribution in [0.2, 0.25) is 0 Å². The molecule has 0 saturated carbocycles. The van der Waals surface area contributed by atoms with Gasteiger partial charge in [0.1, 0.15) is 5.69 Å². The Kier molecular flexibility index (Phi) is 5.36. The maximum Gasteiger partial charge on any atom is 0.237 e. The first-order valence-electron chi connectivity index (χ1n) is 6.52. The molecular weight excluding hydrogens is 230 g/mol. The molecule has 0 aromatic carbocycles. The highest BCUT2D eigenvalue weighted by Gasteiger charge is 2.12. The molecular formula is C13H21N3O2. The van der Waals surface area contributed by atoms with Gasteiger partial charge in [0.15, 0.2) is 0 Å². The van der Waals surface area contributed by atoms with Crippen LogP contribution in [0.25, 0.3) is 0 Å². The summed E-state index contributed by atoms with van der Waals surface area (Å²) < 4.78 is 10.8. The van der Waals surface area contributed by atoms with Crippen LogP contribution in [0, 0.1) is 5.92 Å². The van der Waals surface area contributed by atoms with Gasteiger partial charge in [-0.2, -0.15) is 0 Å². The van der Waals surface area contributed by atoms with Crippen molar-refractivity contribution in [1.82, 2.24) is 15.3 Å². The van der Waals surface area contributed by atoms with Crippen LogP contribution >= 0.6 is 0 Å². The molecule has 0 spiro atoms. The Bertz CT molecular complexity index is 354. The van der Waals surface area contributed by atoms with E-state index in [-0.39, 0.29) is 0 Å². The van der Waals surface area contributed by atoms with Gasteiger partial charge >= 0.3 is 0 Å². The van der Waals surface area contributed by atoms with Gasteiger partial charge in [-0.1, -0.05) is 0 Å². The third-order valence-electron chi connectivity index (χ3n) is 3.30. The molecule has 1 aliphatic rings. The van der Waals surface area contributed by atoms with E-state index in [0.717, 1.165) is 37.7 Å². The normalized spacial score (nSPS) is 16.7. The first-order valence-corrected chi connectivity index (χ1v) is 6.52. The largest absolute Gasteiger partial charge is 0.480 e. The topological polar surface area (TPSA) is 56.3 Å². The highest BCUT2D eigenvalue weighted by atomic mass is 16.5. The molecule has 1 aliphatic heterocycles. The predicted octanol–water partition coefficient (Wildman–Crippen LogP) is 1.39. The number of nitrogens with zero attached hydrogens (tertiary/aromatic N) is 2. The maximum absolute atomic E-state index is 5.66. The van der Waals surface area contributed by atoms with Crippen LogP contribution in [0.15, 0.2) is 12.4 Å². The van der Waals surface area contributed by atoms with Gasteiger partial charge < -0.3 is 14.8 Å². The standard InChI is InChI=1S/C13H21N3O2/c1-17-13-12(15-7-8-16-13)10-18-9-4-11-2-5-14-6-3-11/h7-8,11,14H,2-6,9-10H2,1H3. The van der Waals surface area contributed by atoms with Crippen molar-refractivity contribution >= 4 is 0 Å². The van der Waals surface area contributed by atoms with E-state index in [0.29, 0.717) is 12.5 Å². The van der Waals surface area contributed by atoms with Gasteiger partial charge in [0, 0.05) is 19.0 Å². The Balaban J connectivity index is 1.68. The second-order valence-corrected chi connectivity index (χ2v) is 4.55. The molecule has 0 radical (unpaired) electrons. The summed E-state index contributed by atoms with van der Waals surface area (Å²) in [5.74, 6) is 1.36. The number of piperidine rings is 1. The van der Waals surface area contributed by atoms with Gasteiger partial charge in [-0.3, -0.25) is 4.98 Å². The van der Waals surface area contributed by atoms with Crippen LogP contribution in [-0.2, 0) is 11.3 Å². The van der Waals surface area contributed by atoms with Crippen LogP contribution in [0.4, 0.5) is 0 Å². The Morgan fingerprint density at radius 1 is 1.28 bits per heavy atom. The Hall–Kier alpha value is -1.20. The summed E-state index contributed by atoms with van der Waals surface area (Å²) in [6.45, 7) is 3.54. The monoisotopic (exact) mass is 251 g/mol. The molecule has 0 amide bonds. The van der Waals surface area contributed by atoms with E-state index in [1.807, 2.05) is 0 Å². The highest BCUT2D eigenvalue weighted by molar-refractivity contribution is 5.15. The summed E-state index contributed by atoms with van der Waals surface area (Å²) in [4.78, 5) is 8.30. The van der Waals surface area contributed by atoms with Gasteiger partial charge in [0.2, 0.25) is 5.88 Å². The number of methoxy groups -OCH3 is 1. The number of hydrogen-bond donors (Lipinski definition) is 1. The van der Waals surface area contributed by atoms with Crippen LogP contribution in [0.1, 0.15) is 25.0 Å². The lowest BCUT2D eigenvalue weighted by Gasteiger charge is -2.22. The summed E-state index contributed by atoms with van der Waals surface area (Å²) in [7, 11) is 1.60. The fourth-order valence-corrected chi connectivity index (χ4v) is 2.21. The van der Waals surface area contributed by atoms with E-state index >= 15 is 0 Å². The van der Waals surface area contributed by atoms with Crippen molar-refractivity contribution in [3.05, 3.63) is 18.1 Å². The molecule has 2 heterocycles. The van der Waals surface area contributed by atoms with E-state index in [1.165, 1.54) is 12.8 Å². The predicted molar refractivity (Wildman–Crippen MR) is 68.5 cm³/mol. The molecule has 100 valence electrons. The Morgan fingerprint density at radius 3 is 2.83 bits per heavy atom. The molecule has 1 aromatic rings. The van der Waals surface area contributed by atoms with Gasteiger partial charge in [0.25, 0.3) is 0 Å². The van der Waals surface area contributed by atoms with E-state index in [4.69, 9.17) is 9.47 Å². The average Bonchev–Trinajstić information content (AvgIpc) is 2.45. The summed E-state index contributed by atoms with van der Waals surface area (Å²) >= 11 is 0. The lowest BCUT2D eigenvalue weighted by molar-refractivity contribution is 0.0982. The highest BCUT2D eigenvalue weighted by Crippen LogP contribution is 2.17. The van der Waals surface area contributed by atoms with Crippen LogP contribution in [0.5, 0.6) is 5.88 Å². The SMILES string of the molecule is COc1nccnc1COCCC1CCNCC1. The fourth-order valence-electron chi connectivity index (χ4n) is 2.21. The van der Waals surface area contributed by atoms with Crippen molar-refractivity contribution < 1.29 is 9.47 Å². The first kappa shape index (κ1) is 13.2. The molecule has 1 aromatic heterocycles. The number of nitrogens with one attached hydrogen (secondary N) is 1. The van der Waals surface area contributed by atoms with Crippen LogP contribution < -0.4 is 10.1 Å². The number of aromatic nitrogens is 2. The maximum atomic E-state index is 5.66. The van der Waals surface area contributed by atoms with Crippen molar-refractivity contribution in [3.63, 3.8) is 0 Å². The van der Waals surface area contributed by atoms with Gasteiger partial charge in [0.05, 0.1) is 13.7 Å². The average molecular weight is 251 g/mol. The zero-order valence-electron chi connectivity index (χ0n) is 10.9. The molecule has 5 nitrogen and oxygen atoms in total. The minimum atomic E-state index is 0.474. The van der Waals surface area contributed by atoms with Crippen molar-refractivity contribution in [3.8, 4) is 5.88 Å². The lowest BCUT2D eigenvalue weighted by Crippen LogP contribution is -2.28. The Labute approximate surface area is 108 Å². The molecule has 1 saturated heterocycles. The van der Waals surface area contributed by atoms with Gasteiger partial charge in [-0.05, 0) is 38.3 Å². The minimum Gasteiger partial charge on any atom is -0.480 e. The molecule has 1 fully saturated rings. The van der Waals surface area contributed by atoms with E-state index in [9.17, 15) is 0 Å². The van der Waals surface area contributed by atoms with Gasteiger partial charge in [-0.25, -0.2) is 4.98 Å².